The molecule has 0 nitrogen and oxygen atoms in total. The van der Waals surface area contributed by atoms with Gasteiger partial charge in [0.05, 0.1) is 0 Å². The van der Waals surface area contributed by atoms with Gasteiger partial charge in [-0.1, -0.05) is 18.2 Å². The molecule has 12 heavy (non-hydrogen) atoms. The molecule has 0 aliphatic heterocycles. The van der Waals surface area contributed by atoms with Gasteiger partial charge in [0, 0.05) is 0 Å². The third-order valence-corrected chi connectivity index (χ3v) is 3.12. The van der Waals surface area contributed by atoms with Crippen molar-refractivity contribution in [2.75, 3.05) is 0 Å². The molecule has 0 saturated heterocycles. The Labute approximate surface area is 75.4 Å². The topological polar surface area (TPSA) is 0 Å². The zero-order valence-corrected chi connectivity index (χ0v) is 7.76. The molecule has 0 aromatic rings. The summed E-state index contributed by atoms with van der Waals surface area (Å²) >= 11 is 0. The van der Waals surface area contributed by atoms with Crippen molar-refractivity contribution in [3.8, 4) is 0 Å². The third kappa shape index (κ3) is 2.00. The van der Waals surface area contributed by atoms with Gasteiger partial charge in [-0.15, -0.1) is 6.58 Å². The van der Waals surface area contributed by atoms with E-state index in [4.69, 9.17) is 0 Å². The van der Waals surface area contributed by atoms with E-state index in [1.165, 1.54) is 38.5 Å². The molecule has 0 heteroatoms. The SMILES string of the molecule is C=CCC1(C/C=C/C2CC2)CC1. The lowest BCUT2D eigenvalue weighted by molar-refractivity contribution is 0.527. The summed E-state index contributed by atoms with van der Waals surface area (Å²) in [6, 6.07) is 0. The average molecular weight is 162 g/mol. The zero-order chi connectivity index (χ0) is 8.44. The van der Waals surface area contributed by atoms with Crippen molar-refractivity contribution >= 4 is 0 Å². The predicted molar refractivity (Wildman–Crippen MR) is 53.0 cm³/mol. The van der Waals surface area contributed by atoms with Crippen molar-refractivity contribution in [1.29, 1.82) is 0 Å². The highest BCUT2D eigenvalue weighted by Gasteiger charge is 2.39. The molecule has 2 aliphatic carbocycles. The van der Waals surface area contributed by atoms with Gasteiger partial charge < -0.3 is 0 Å². The third-order valence-electron chi connectivity index (χ3n) is 3.12. The van der Waals surface area contributed by atoms with Crippen LogP contribution in [0.2, 0.25) is 0 Å². The van der Waals surface area contributed by atoms with E-state index in [0.717, 1.165) is 5.92 Å². The van der Waals surface area contributed by atoms with E-state index in [1.807, 2.05) is 0 Å². The van der Waals surface area contributed by atoms with Crippen LogP contribution in [0.25, 0.3) is 0 Å². The highest BCUT2D eigenvalue weighted by Crippen LogP contribution is 2.52. The van der Waals surface area contributed by atoms with Crippen LogP contribution < -0.4 is 0 Å². The van der Waals surface area contributed by atoms with Crippen LogP contribution in [0.3, 0.4) is 0 Å². The molecular weight excluding hydrogens is 144 g/mol. The molecule has 2 aliphatic rings. The average Bonchev–Trinajstić information content (AvgIpc) is 2.87. The van der Waals surface area contributed by atoms with Crippen LogP contribution in [-0.2, 0) is 0 Å². The van der Waals surface area contributed by atoms with Gasteiger partial charge in [0.25, 0.3) is 0 Å². The van der Waals surface area contributed by atoms with Crippen LogP contribution in [0, 0.1) is 11.3 Å². The second kappa shape index (κ2) is 3.08. The molecule has 2 fully saturated rings. The zero-order valence-electron chi connectivity index (χ0n) is 7.76. The van der Waals surface area contributed by atoms with Crippen LogP contribution >= 0.6 is 0 Å². The first-order valence-electron chi connectivity index (χ1n) is 5.12. The second-order valence-corrected chi connectivity index (χ2v) is 4.46. The molecule has 2 saturated carbocycles. The minimum Gasteiger partial charge on any atom is -0.103 e. The quantitative estimate of drug-likeness (QED) is 0.541. The van der Waals surface area contributed by atoms with Crippen molar-refractivity contribution in [2.45, 2.75) is 38.5 Å². The monoisotopic (exact) mass is 162 g/mol. The van der Waals surface area contributed by atoms with Crippen LogP contribution in [0.15, 0.2) is 24.8 Å². The fourth-order valence-electron chi connectivity index (χ4n) is 1.77. The van der Waals surface area contributed by atoms with Gasteiger partial charge in [0.2, 0.25) is 0 Å². The molecule has 0 aromatic heterocycles. The molecule has 0 atom stereocenters. The Kier molecular flexibility index (Phi) is 2.08. The van der Waals surface area contributed by atoms with Crippen LogP contribution in [0.1, 0.15) is 38.5 Å². The largest absolute Gasteiger partial charge is 0.103 e. The van der Waals surface area contributed by atoms with E-state index in [9.17, 15) is 0 Å². The molecule has 2 rings (SSSR count). The van der Waals surface area contributed by atoms with Gasteiger partial charge in [-0.2, -0.15) is 0 Å². The summed E-state index contributed by atoms with van der Waals surface area (Å²) in [6.07, 6.45) is 15.2. The molecule has 0 amide bonds. The number of rotatable bonds is 5. The summed E-state index contributed by atoms with van der Waals surface area (Å²) in [4.78, 5) is 0. The molecule has 0 heterocycles. The van der Waals surface area contributed by atoms with E-state index in [0.29, 0.717) is 5.41 Å². The maximum atomic E-state index is 3.82. The smallest absolute Gasteiger partial charge is 0.0228 e. The summed E-state index contributed by atoms with van der Waals surface area (Å²) in [5.41, 5.74) is 0.660. The van der Waals surface area contributed by atoms with Crippen LogP contribution in [0.5, 0.6) is 0 Å². The van der Waals surface area contributed by atoms with E-state index >= 15 is 0 Å². The summed E-state index contributed by atoms with van der Waals surface area (Å²) in [6.45, 7) is 3.82. The molecule has 0 aromatic carbocycles. The Morgan fingerprint density at radius 3 is 2.50 bits per heavy atom. The first kappa shape index (κ1) is 8.10. The Bertz CT molecular complexity index is 192. The predicted octanol–water partition coefficient (Wildman–Crippen LogP) is 3.70. The molecule has 0 bridgehead atoms. The fourth-order valence-corrected chi connectivity index (χ4v) is 1.77. The lowest BCUT2D eigenvalue weighted by Gasteiger charge is -2.07. The molecule has 66 valence electrons. The van der Waals surface area contributed by atoms with E-state index in [1.54, 1.807) is 0 Å². The molecular formula is C12H18. The first-order chi connectivity index (χ1) is 5.85. The van der Waals surface area contributed by atoms with Gasteiger partial charge in [-0.25, -0.2) is 0 Å². The number of hydrogen-bond donors (Lipinski definition) is 0. The molecule has 0 spiro atoms. The number of hydrogen-bond acceptors (Lipinski definition) is 0. The van der Waals surface area contributed by atoms with Crippen molar-refractivity contribution in [2.24, 2.45) is 11.3 Å². The van der Waals surface area contributed by atoms with E-state index in [-0.39, 0.29) is 0 Å². The normalized spacial score (nSPS) is 26.0. The maximum Gasteiger partial charge on any atom is -0.0228 e. The summed E-state index contributed by atoms with van der Waals surface area (Å²) < 4.78 is 0. The van der Waals surface area contributed by atoms with E-state index in [2.05, 4.69) is 24.8 Å². The lowest BCUT2D eigenvalue weighted by Crippen LogP contribution is -1.95. The van der Waals surface area contributed by atoms with Gasteiger partial charge in [-0.3, -0.25) is 0 Å². The van der Waals surface area contributed by atoms with Crippen LogP contribution in [-0.4, -0.2) is 0 Å². The van der Waals surface area contributed by atoms with Gasteiger partial charge in [0.1, 0.15) is 0 Å². The summed E-state index contributed by atoms with van der Waals surface area (Å²) in [7, 11) is 0. The van der Waals surface area contributed by atoms with Gasteiger partial charge in [0.15, 0.2) is 0 Å². The highest BCUT2D eigenvalue weighted by atomic mass is 14.4. The molecule has 0 N–H and O–H groups in total. The highest BCUT2D eigenvalue weighted by molar-refractivity contribution is 5.05. The van der Waals surface area contributed by atoms with Crippen molar-refractivity contribution in [3.63, 3.8) is 0 Å². The summed E-state index contributed by atoms with van der Waals surface area (Å²) in [5, 5.41) is 0. The number of allylic oxidation sites excluding steroid dienone is 3. The van der Waals surface area contributed by atoms with E-state index < -0.39 is 0 Å². The van der Waals surface area contributed by atoms with Gasteiger partial charge in [-0.05, 0) is 49.9 Å². The maximum absolute atomic E-state index is 3.82. The summed E-state index contributed by atoms with van der Waals surface area (Å²) in [5.74, 6) is 0.949. The van der Waals surface area contributed by atoms with Crippen LogP contribution in [0.4, 0.5) is 0 Å². The Morgan fingerprint density at radius 2 is 2.00 bits per heavy atom. The minimum absolute atomic E-state index is 0.660. The minimum atomic E-state index is 0.660. The van der Waals surface area contributed by atoms with Crippen molar-refractivity contribution in [1.82, 2.24) is 0 Å². The molecule has 0 radical (unpaired) electrons. The lowest BCUT2D eigenvalue weighted by atomic mass is 9.98. The van der Waals surface area contributed by atoms with Crippen molar-refractivity contribution in [3.05, 3.63) is 24.8 Å². The Hall–Kier alpha value is -0.520. The Morgan fingerprint density at radius 1 is 1.25 bits per heavy atom. The molecule has 0 unspecified atom stereocenters. The fraction of sp³-hybridized carbons (Fsp3) is 0.667. The second-order valence-electron chi connectivity index (χ2n) is 4.46. The first-order valence-corrected chi connectivity index (χ1v) is 5.12. The van der Waals surface area contributed by atoms with Gasteiger partial charge >= 0.3 is 0 Å². The standard InChI is InChI=1S/C12H18/c1-2-7-12(9-10-12)8-3-4-11-5-6-11/h2-4,11H,1,5-10H2/b4-3+. The van der Waals surface area contributed by atoms with Crippen molar-refractivity contribution < 1.29 is 0 Å². The Balaban J connectivity index is 1.73.